The van der Waals surface area contributed by atoms with Crippen LogP contribution in [-0.4, -0.2) is 72.9 Å². The number of anilines is 2. The number of nitrogens with one attached hydrogen (secondary N) is 1. The highest BCUT2D eigenvalue weighted by atomic mass is 35.5. The molecule has 0 saturated heterocycles. The van der Waals surface area contributed by atoms with Crippen LogP contribution in [0.5, 0.6) is 0 Å². The molecule has 1 heterocycles. The maximum atomic E-state index is 13.4. The van der Waals surface area contributed by atoms with Crippen LogP contribution in [0.25, 0.3) is 11.1 Å². The van der Waals surface area contributed by atoms with Crippen molar-refractivity contribution >= 4 is 34.8 Å². The van der Waals surface area contributed by atoms with Crippen LogP contribution in [0.2, 0.25) is 5.15 Å². The van der Waals surface area contributed by atoms with Crippen LogP contribution in [-0.2, 0) is 11.3 Å². The van der Waals surface area contributed by atoms with Crippen molar-refractivity contribution in [3.63, 3.8) is 0 Å². The van der Waals surface area contributed by atoms with E-state index in [9.17, 15) is 9.59 Å². The molecule has 2 amide bonds. The van der Waals surface area contributed by atoms with Crippen LogP contribution in [0.3, 0.4) is 0 Å². The van der Waals surface area contributed by atoms with Crippen molar-refractivity contribution in [1.29, 1.82) is 0 Å². The zero-order valence-corrected chi connectivity index (χ0v) is 26.9. The van der Waals surface area contributed by atoms with Crippen LogP contribution in [0.15, 0.2) is 60.8 Å². The van der Waals surface area contributed by atoms with Gasteiger partial charge in [-0.25, -0.2) is 4.98 Å². The van der Waals surface area contributed by atoms with E-state index in [1.807, 2.05) is 13.1 Å². The number of pyridine rings is 1. The third kappa shape index (κ3) is 8.37. The largest absolute Gasteiger partial charge is 0.373 e. The number of rotatable bonds is 12. The first kappa shape index (κ1) is 31.9. The van der Waals surface area contributed by atoms with Crippen molar-refractivity contribution in [3.05, 3.63) is 77.1 Å². The molecule has 0 atom stereocenters. The third-order valence-corrected chi connectivity index (χ3v) is 8.97. The Morgan fingerprint density at radius 1 is 0.932 bits per heavy atom. The Labute approximate surface area is 266 Å². The molecule has 2 aliphatic rings. The third-order valence-electron chi connectivity index (χ3n) is 8.75. The summed E-state index contributed by atoms with van der Waals surface area (Å²) in [7, 11) is 6.19. The molecule has 2 aliphatic carbocycles. The summed E-state index contributed by atoms with van der Waals surface area (Å²) >= 11 is 5.95. The Kier molecular flexibility index (Phi) is 10.6. The fourth-order valence-corrected chi connectivity index (χ4v) is 6.12. The minimum Gasteiger partial charge on any atom is -0.373 e. The van der Waals surface area contributed by atoms with Gasteiger partial charge in [0.25, 0.3) is 5.91 Å². The first-order valence-electron chi connectivity index (χ1n) is 15.8. The summed E-state index contributed by atoms with van der Waals surface area (Å²) < 4.78 is 0. The van der Waals surface area contributed by atoms with Gasteiger partial charge in [0.1, 0.15) is 5.15 Å². The quantitative estimate of drug-likeness (QED) is 0.241. The number of carbonyl (C=O) groups excluding carboxylic acids is 2. The predicted molar refractivity (Wildman–Crippen MR) is 179 cm³/mol. The van der Waals surface area contributed by atoms with Gasteiger partial charge in [-0.05, 0) is 113 Å². The molecular formula is C35H45ClN6O2. The van der Waals surface area contributed by atoms with E-state index in [4.69, 9.17) is 17.3 Å². The Bertz CT molecular complexity index is 1430. The molecule has 3 N–H and O–H groups in total. The van der Waals surface area contributed by atoms with Gasteiger partial charge >= 0.3 is 0 Å². The SMILES string of the molecule is CN(C)CCCN(C)c1ccc(-c2cccc(CN(C(=O)C3CC3)C3CCC(N)CC3)c2)cc1NC(=O)c1ccc(Cl)nc1. The van der Waals surface area contributed by atoms with E-state index in [2.05, 4.69) is 75.5 Å². The minimum atomic E-state index is -0.246. The Hall–Kier alpha value is -3.46. The predicted octanol–water partition coefficient (Wildman–Crippen LogP) is 6.05. The summed E-state index contributed by atoms with van der Waals surface area (Å²) in [5.74, 6) is 0.224. The smallest absolute Gasteiger partial charge is 0.257 e. The number of amides is 2. The monoisotopic (exact) mass is 616 g/mol. The van der Waals surface area contributed by atoms with E-state index in [1.54, 1.807) is 12.1 Å². The molecule has 2 aromatic carbocycles. The zero-order chi connectivity index (χ0) is 31.2. The molecule has 0 spiro atoms. The molecular weight excluding hydrogens is 572 g/mol. The molecule has 8 nitrogen and oxygen atoms in total. The van der Waals surface area contributed by atoms with Crippen molar-refractivity contribution in [3.8, 4) is 11.1 Å². The van der Waals surface area contributed by atoms with Crippen molar-refractivity contribution in [2.45, 2.75) is 63.6 Å². The molecule has 0 unspecified atom stereocenters. The molecule has 0 aliphatic heterocycles. The van der Waals surface area contributed by atoms with E-state index >= 15 is 0 Å². The van der Waals surface area contributed by atoms with Gasteiger partial charge in [0, 0.05) is 44.3 Å². The van der Waals surface area contributed by atoms with E-state index in [1.165, 1.54) is 6.20 Å². The fraction of sp³-hybridized carbons (Fsp3) is 0.457. The lowest BCUT2D eigenvalue weighted by atomic mass is 9.90. The summed E-state index contributed by atoms with van der Waals surface area (Å²) in [4.78, 5) is 37.2. The molecule has 0 radical (unpaired) electrons. The first-order chi connectivity index (χ1) is 21.2. The van der Waals surface area contributed by atoms with E-state index in [0.717, 1.165) is 86.1 Å². The summed E-state index contributed by atoms with van der Waals surface area (Å²) in [6.07, 6.45) is 8.34. The Balaban J connectivity index is 1.40. The zero-order valence-electron chi connectivity index (χ0n) is 26.1. The topological polar surface area (TPSA) is 94.8 Å². The summed E-state index contributed by atoms with van der Waals surface area (Å²) in [6, 6.07) is 18.4. The van der Waals surface area contributed by atoms with Gasteiger partial charge in [0.2, 0.25) is 5.91 Å². The Morgan fingerprint density at radius 2 is 1.68 bits per heavy atom. The second kappa shape index (κ2) is 14.5. The number of nitrogens with zero attached hydrogens (tertiary/aromatic N) is 4. The minimum absolute atomic E-state index is 0.179. The van der Waals surface area contributed by atoms with Gasteiger partial charge in [-0.2, -0.15) is 0 Å². The highest BCUT2D eigenvalue weighted by Gasteiger charge is 2.37. The van der Waals surface area contributed by atoms with Gasteiger partial charge in [-0.1, -0.05) is 35.9 Å². The molecule has 9 heteroatoms. The van der Waals surface area contributed by atoms with Crippen LogP contribution in [0.4, 0.5) is 11.4 Å². The van der Waals surface area contributed by atoms with E-state index in [0.29, 0.717) is 23.2 Å². The lowest BCUT2D eigenvalue weighted by molar-refractivity contribution is -0.136. The van der Waals surface area contributed by atoms with Gasteiger partial charge in [-0.15, -0.1) is 0 Å². The van der Waals surface area contributed by atoms with E-state index in [-0.39, 0.29) is 23.9 Å². The average Bonchev–Trinajstić information content (AvgIpc) is 3.86. The summed E-state index contributed by atoms with van der Waals surface area (Å²) in [5, 5.41) is 3.47. The molecule has 2 fully saturated rings. The van der Waals surface area contributed by atoms with Gasteiger partial charge in [0.05, 0.1) is 16.9 Å². The summed E-state index contributed by atoms with van der Waals surface area (Å²) in [6.45, 7) is 2.42. The normalized spacial score (nSPS) is 18.2. The summed E-state index contributed by atoms with van der Waals surface area (Å²) in [5.41, 5.74) is 11.4. The number of hydrogen-bond acceptors (Lipinski definition) is 6. The van der Waals surface area contributed by atoms with Crippen molar-refractivity contribution in [2.75, 3.05) is 44.4 Å². The number of nitrogens with two attached hydrogens (primary N) is 1. The second-order valence-corrected chi connectivity index (χ2v) is 13.0. The lowest BCUT2D eigenvalue weighted by Gasteiger charge is -2.36. The highest BCUT2D eigenvalue weighted by molar-refractivity contribution is 6.29. The fourth-order valence-electron chi connectivity index (χ4n) is 6.01. The molecule has 1 aromatic heterocycles. The number of benzene rings is 2. The van der Waals surface area contributed by atoms with E-state index < -0.39 is 0 Å². The highest BCUT2D eigenvalue weighted by Crippen LogP contribution is 2.36. The molecule has 2 saturated carbocycles. The molecule has 5 rings (SSSR count). The maximum absolute atomic E-state index is 13.4. The molecule has 3 aromatic rings. The number of halogens is 1. The van der Waals surface area contributed by atoms with Crippen LogP contribution in [0, 0.1) is 5.92 Å². The van der Waals surface area contributed by atoms with Crippen LogP contribution in [0.1, 0.15) is 60.9 Å². The number of hydrogen-bond donors (Lipinski definition) is 2. The maximum Gasteiger partial charge on any atom is 0.257 e. The Morgan fingerprint density at radius 3 is 2.36 bits per heavy atom. The second-order valence-electron chi connectivity index (χ2n) is 12.6. The lowest BCUT2D eigenvalue weighted by Crippen LogP contribution is -2.44. The molecule has 0 bridgehead atoms. The average molecular weight is 617 g/mol. The van der Waals surface area contributed by atoms with Gasteiger partial charge in [0.15, 0.2) is 0 Å². The molecule has 234 valence electrons. The van der Waals surface area contributed by atoms with Crippen molar-refractivity contribution in [1.82, 2.24) is 14.8 Å². The number of carbonyl (C=O) groups is 2. The van der Waals surface area contributed by atoms with Crippen molar-refractivity contribution in [2.24, 2.45) is 11.7 Å². The van der Waals surface area contributed by atoms with Gasteiger partial charge in [-0.3, -0.25) is 9.59 Å². The molecule has 44 heavy (non-hydrogen) atoms. The van der Waals surface area contributed by atoms with Crippen LogP contribution >= 0.6 is 11.6 Å². The van der Waals surface area contributed by atoms with Crippen molar-refractivity contribution < 1.29 is 9.59 Å². The number of aromatic nitrogens is 1. The standard InChI is InChI=1S/C35H45ClN6O2/c1-40(2)18-5-19-41(3)32-16-10-27(21-31(32)39-34(43)28-11-17-33(36)38-22-28)26-7-4-6-24(20-26)23-42(35(44)25-8-9-25)30-14-12-29(37)13-15-30/h4,6-7,10-11,16-17,20-22,25,29-30H,5,8-9,12-15,18-19,23,37H2,1-3H3,(H,39,43). The van der Waals surface area contributed by atoms with Gasteiger partial charge < -0.3 is 25.8 Å². The van der Waals surface area contributed by atoms with Crippen LogP contribution < -0.4 is 16.0 Å². The first-order valence-corrected chi connectivity index (χ1v) is 16.1.